The number of carbonyl (C=O) groups excluding carboxylic acids is 1. The van der Waals surface area contributed by atoms with E-state index in [4.69, 9.17) is 32.7 Å². The molecule has 0 amide bonds. The van der Waals surface area contributed by atoms with Gasteiger partial charge in [0, 0.05) is 11.1 Å². The monoisotopic (exact) mass is 342 g/mol. The minimum Gasteiger partial charge on any atom is -0.475 e. The van der Waals surface area contributed by atoms with Crippen molar-refractivity contribution in [1.82, 2.24) is 9.97 Å². The normalized spacial score (nSPS) is 11.6. The van der Waals surface area contributed by atoms with Crippen molar-refractivity contribution in [1.29, 1.82) is 0 Å². The maximum Gasteiger partial charge on any atom is 0.346 e. The Labute approximate surface area is 136 Å². The lowest BCUT2D eigenvalue weighted by Gasteiger charge is -2.15. The Hall–Kier alpha value is -2.05. The fourth-order valence-electron chi connectivity index (χ4n) is 1.52. The summed E-state index contributed by atoms with van der Waals surface area (Å²) in [4.78, 5) is 19.3. The summed E-state index contributed by atoms with van der Waals surface area (Å²) in [5.41, 5.74) is 0. The van der Waals surface area contributed by atoms with Gasteiger partial charge in [-0.05, 0) is 19.1 Å². The third kappa shape index (κ3) is 4.22. The van der Waals surface area contributed by atoms with Crippen LogP contribution in [0.2, 0.25) is 10.0 Å². The summed E-state index contributed by atoms with van der Waals surface area (Å²) in [7, 11) is 1.28. The van der Waals surface area contributed by atoms with Crippen LogP contribution in [0.1, 0.15) is 6.92 Å². The first-order valence-corrected chi connectivity index (χ1v) is 6.94. The number of aromatic nitrogens is 2. The van der Waals surface area contributed by atoms with Gasteiger partial charge in [-0.25, -0.2) is 14.8 Å². The van der Waals surface area contributed by atoms with E-state index in [1.165, 1.54) is 25.6 Å². The highest BCUT2D eigenvalue weighted by atomic mass is 35.5. The molecule has 0 saturated carbocycles. The first kappa shape index (κ1) is 16.3. The van der Waals surface area contributed by atoms with Gasteiger partial charge in [-0.1, -0.05) is 23.2 Å². The summed E-state index contributed by atoms with van der Waals surface area (Å²) in [6.45, 7) is 1.56. The van der Waals surface area contributed by atoms with Crippen molar-refractivity contribution in [2.24, 2.45) is 0 Å². The molecule has 0 saturated heterocycles. The van der Waals surface area contributed by atoms with E-state index in [1.54, 1.807) is 19.1 Å². The molecule has 1 heterocycles. The van der Waals surface area contributed by atoms with Crippen LogP contribution in [0.3, 0.4) is 0 Å². The summed E-state index contributed by atoms with van der Waals surface area (Å²) in [5, 5.41) is 0.816. The predicted octanol–water partition coefficient (Wildman–Crippen LogP) is 3.52. The molecular weight excluding hydrogens is 331 g/mol. The number of benzene rings is 1. The van der Waals surface area contributed by atoms with Crippen LogP contribution in [-0.2, 0) is 9.53 Å². The van der Waals surface area contributed by atoms with Gasteiger partial charge < -0.3 is 14.2 Å². The van der Waals surface area contributed by atoms with Crippen molar-refractivity contribution in [3.8, 4) is 17.5 Å². The van der Waals surface area contributed by atoms with E-state index in [1.807, 2.05) is 0 Å². The lowest BCUT2D eigenvalue weighted by atomic mass is 10.3. The fourth-order valence-corrected chi connectivity index (χ4v) is 1.77. The largest absolute Gasteiger partial charge is 0.475 e. The number of hydrogen-bond acceptors (Lipinski definition) is 6. The van der Waals surface area contributed by atoms with Crippen LogP contribution < -0.4 is 9.47 Å². The number of halogens is 2. The van der Waals surface area contributed by atoms with Crippen LogP contribution in [0.4, 0.5) is 0 Å². The van der Waals surface area contributed by atoms with Crippen LogP contribution in [0, 0.1) is 0 Å². The van der Waals surface area contributed by atoms with Crippen LogP contribution in [-0.4, -0.2) is 29.2 Å². The van der Waals surface area contributed by atoms with E-state index in [0.717, 1.165) is 0 Å². The van der Waals surface area contributed by atoms with Gasteiger partial charge in [0.15, 0.2) is 17.6 Å². The Balaban J connectivity index is 2.24. The molecule has 22 heavy (non-hydrogen) atoms. The molecule has 0 aliphatic carbocycles. The molecule has 0 fully saturated rings. The van der Waals surface area contributed by atoms with Crippen molar-refractivity contribution in [2.75, 3.05) is 7.11 Å². The maximum absolute atomic E-state index is 11.4. The SMILES string of the molecule is COC(=O)C(C)Oc1ccc(Cl)cc1Oc1ncc(Cl)cn1. The van der Waals surface area contributed by atoms with Crippen molar-refractivity contribution >= 4 is 29.2 Å². The molecule has 0 radical (unpaired) electrons. The molecule has 0 N–H and O–H groups in total. The molecular formula is C14H12Cl2N2O4. The zero-order valence-corrected chi connectivity index (χ0v) is 13.3. The summed E-state index contributed by atoms with van der Waals surface area (Å²) < 4.78 is 15.6. The van der Waals surface area contributed by atoms with Gasteiger partial charge in [0.05, 0.1) is 24.5 Å². The molecule has 2 aromatic rings. The van der Waals surface area contributed by atoms with E-state index in [0.29, 0.717) is 15.8 Å². The quantitative estimate of drug-likeness (QED) is 0.774. The van der Waals surface area contributed by atoms with E-state index in [2.05, 4.69) is 14.7 Å². The molecule has 6 nitrogen and oxygen atoms in total. The average molecular weight is 343 g/mol. The standard InChI is InChI=1S/C14H12Cl2N2O4/c1-8(13(19)20-2)21-11-4-3-9(15)5-12(11)22-14-17-6-10(16)7-18-14/h3-8H,1-2H3. The van der Waals surface area contributed by atoms with Gasteiger partial charge >= 0.3 is 12.0 Å². The summed E-state index contributed by atoms with van der Waals surface area (Å²) in [6, 6.07) is 4.78. The molecule has 0 spiro atoms. The molecule has 8 heteroatoms. The Morgan fingerprint density at radius 1 is 1.14 bits per heavy atom. The number of hydrogen-bond donors (Lipinski definition) is 0. The first-order valence-electron chi connectivity index (χ1n) is 6.19. The summed E-state index contributed by atoms with van der Waals surface area (Å²) in [5.74, 6) is 0.0649. The Morgan fingerprint density at radius 3 is 2.45 bits per heavy atom. The summed E-state index contributed by atoms with van der Waals surface area (Å²) >= 11 is 11.7. The van der Waals surface area contributed by atoms with Gasteiger partial charge in [-0.15, -0.1) is 0 Å². The van der Waals surface area contributed by atoms with Crippen LogP contribution in [0.25, 0.3) is 0 Å². The van der Waals surface area contributed by atoms with E-state index in [-0.39, 0.29) is 11.8 Å². The third-order valence-electron chi connectivity index (χ3n) is 2.54. The van der Waals surface area contributed by atoms with E-state index in [9.17, 15) is 4.79 Å². The third-order valence-corrected chi connectivity index (χ3v) is 2.97. The molecule has 1 atom stereocenters. The minimum absolute atomic E-state index is 0.0715. The second kappa shape index (κ2) is 7.29. The molecule has 1 aromatic heterocycles. The molecule has 0 aliphatic rings. The Kier molecular flexibility index (Phi) is 5.41. The first-order chi connectivity index (χ1) is 10.5. The molecule has 1 unspecified atom stereocenters. The van der Waals surface area contributed by atoms with E-state index >= 15 is 0 Å². The lowest BCUT2D eigenvalue weighted by molar-refractivity contribution is -0.147. The number of carbonyl (C=O) groups is 1. The van der Waals surface area contributed by atoms with E-state index < -0.39 is 12.1 Å². The second-order valence-electron chi connectivity index (χ2n) is 4.16. The minimum atomic E-state index is -0.806. The lowest BCUT2D eigenvalue weighted by Crippen LogP contribution is -2.25. The van der Waals surface area contributed by atoms with Crippen molar-refractivity contribution in [3.05, 3.63) is 40.6 Å². The molecule has 1 aromatic carbocycles. The van der Waals surface area contributed by atoms with Gasteiger partial charge in [0.1, 0.15) is 0 Å². The number of nitrogens with zero attached hydrogens (tertiary/aromatic N) is 2. The van der Waals surface area contributed by atoms with Crippen LogP contribution >= 0.6 is 23.2 Å². The van der Waals surface area contributed by atoms with Gasteiger partial charge in [-0.2, -0.15) is 0 Å². The molecule has 0 aliphatic heterocycles. The second-order valence-corrected chi connectivity index (χ2v) is 5.03. The average Bonchev–Trinajstić information content (AvgIpc) is 2.51. The van der Waals surface area contributed by atoms with Crippen LogP contribution in [0.15, 0.2) is 30.6 Å². The zero-order valence-electron chi connectivity index (χ0n) is 11.7. The van der Waals surface area contributed by atoms with Crippen molar-refractivity contribution in [2.45, 2.75) is 13.0 Å². The fraction of sp³-hybridized carbons (Fsp3) is 0.214. The summed E-state index contributed by atoms with van der Waals surface area (Å²) in [6.07, 6.45) is 1.98. The number of ether oxygens (including phenoxy) is 3. The molecule has 116 valence electrons. The maximum atomic E-state index is 11.4. The number of esters is 1. The highest BCUT2D eigenvalue weighted by Crippen LogP contribution is 2.33. The molecule has 2 rings (SSSR count). The van der Waals surface area contributed by atoms with Gasteiger partial charge in [0.25, 0.3) is 0 Å². The van der Waals surface area contributed by atoms with Gasteiger partial charge in [-0.3, -0.25) is 0 Å². The smallest absolute Gasteiger partial charge is 0.346 e. The Bertz CT molecular complexity index is 664. The van der Waals surface area contributed by atoms with Crippen molar-refractivity contribution < 1.29 is 19.0 Å². The Morgan fingerprint density at radius 2 is 1.82 bits per heavy atom. The highest BCUT2D eigenvalue weighted by molar-refractivity contribution is 6.30. The zero-order chi connectivity index (χ0) is 16.1. The van der Waals surface area contributed by atoms with Crippen LogP contribution in [0.5, 0.6) is 17.5 Å². The predicted molar refractivity (Wildman–Crippen MR) is 80.7 cm³/mol. The highest BCUT2D eigenvalue weighted by Gasteiger charge is 2.18. The van der Waals surface area contributed by atoms with Gasteiger partial charge in [0.2, 0.25) is 0 Å². The van der Waals surface area contributed by atoms with Crippen molar-refractivity contribution in [3.63, 3.8) is 0 Å². The number of methoxy groups -OCH3 is 1. The topological polar surface area (TPSA) is 70.5 Å². The molecule has 0 bridgehead atoms. The number of rotatable bonds is 5.